The van der Waals surface area contributed by atoms with Gasteiger partial charge in [-0.1, -0.05) is 85.0 Å². The van der Waals surface area contributed by atoms with Crippen molar-refractivity contribution >= 4 is 28.3 Å². The summed E-state index contributed by atoms with van der Waals surface area (Å²) in [7, 11) is -4.45. The zero-order valence-electron chi connectivity index (χ0n) is 19.6. The molecular weight excluding hydrogens is 457 g/mol. The van der Waals surface area contributed by atoms with Crippen LogP contribution in [0, 0.1) is 0 Å². The monoisotopic (exact) mass is 479 g/mol. The van der Waals surface area contributed by atoms with E-state index in [4.69, 9.17) is 0 Å². The Balaban J connectivity index is 0.00000171. The van der Waals surface area contributed by atoms with E-state index in [-0.39, 0.29) is 41.8 Å². The Labute approximate surface area is 222 Å². The number of hydrogen-bond donors (Lipinski definition) is 1. The number of hydrogen-bond acceptors (Lipinski definition) is 4. The smallest absolute Gasteiger partial charge is 1.00 e. The van der Waals surface area contributed by atoms with Gasteiger partial charge >= 0.3 is 29.6 Å². The second-order valence-corrected chi connectivity index (χ2v) is 9.21. The van der Waals surface area contributed by atoms with Crippen LogP contribution < -0.4 is 29.6 Å². The van der Waals surface area contributed by atoms with Gasteiger partial charge in [-0.2, -0.15) is 23.4 Å². The van der Waals surface area contributed by atoms with E-state index in [1.165, 1.54) is 16.4 Å². The van der Waals surface area contributed by atoms with Crippen LogP contribution in [0.3, 0.4) is 0 Å². The first kappa shape index (κ1) is 24.3. The van der Waals surface area contributed by atoms with Crippen LogP contribution in [0.2, 0.25) is 0 Å². The van der Waals surface area contributed by atoms with Gasteiger partial charge < -0.3 is 1.43 Å². The van der Waals surface area contributed by atoms with Crippen LogP contribution in [0.4, 0.5) is 0 Å². The van der Waals surface area contributed by atoms with Crippen LogP contribution in [-0.4, -0.2) is 28.0 Å². The molecule has 8 heteroatoms. The largest absolute Gasteiger partial charge is 1.00 e. The SMILES string of the molecule is O=S(=O)(O)c1cc(-n2ncc(C3CC=Cc4ccccc43)n2)ccc1C=Cc1ccccc1.[H-].[Na+]. The first-order chi connectivity index (χ1) is 16.0. The molecule has 1 N–H and O–H groups in total. The van der Waals surface area contributed by atoms with E-state index < -0.39 is 10.1 Å². The molecule has 6 nitrogen and oxygen atoms in total. The summed E-state index contributed by atoms with van der Waals surface area (Å²) in [5.74, 6) is 0.0778. The second-order valence-electron chi connectivity index (χ2n) is 7.82. The fourth-order valence-electron chi connectivity index (χ4n) is 4.04. The summed E-state index contributed by atoms with van der Waals surface area (Å²) in [6.45, 7) is 0. The van der Waals surface area contributed by atoms with Gasteiger partial charge in [0.1, 0.15) is 4.90 Å². The molecule has 0 amide bonds. The van der Waals surface area contributed by atoms with Crippen LogP contribution in [0.5, 0.6) is 0 Å². The van der Waals surface area contributed by atoms with E-state index in [2.05, 4.69) is 34.5 Å². The van der Waals surface area contributed by atoms with Gasteiger partial charge in [0, 0.05) is 5.92 Å². The Bertz CT molecular complexity index is 1480. The Morgan fingerprint density at radius 2 is 1.76 bits per heavy atom. The van der Waals surface area contributed by atoms with Gasteiger partial charge in [-0.15, -0.1) is 0 Å². The third kappa shape index (κ3) is 5.14. The standard InChI is InChI=1S/C26H21N3O3S.Na.H/c30-33(31,32)26-17-22(16-15-21(26)14-13-19-7-2-1-3-8-19)29-27-18-25(28-29)24-12-6-10-20-9-4-5-11-23(20)24;;/h1-11,13-18,24H,12H2,(H,30,31,32);;/q;+1;-1. The van der Waals surface area contributed by atoms with Gasteiger partial charge in [0.15, 0.2) is 0 Å². The van der Waals surface area contributed by atoms with Crippen molar-refractivity contribution < 1.29 is 44.0 Å². The normalized spacial score (nSPS) is 15.1. The summed E-state index contributed by atoms with van der Waals surface area (Å²) in [5.41, 5.74) is 4.89. The van der Waals surface area contributed by atoms with Crippen LogP contribution in [0.1, 0.15) is 41.7 Å². The molecule has 5 rings (SSSR count). The molecule has 0 saturated carbocycles. The van der Waals surface area contributed by atoms with E-state index in [1.54, 1.807) is 30.5 Å². The van der Waals surface area contributed by atoms with Crippen molar-refractivity contribution in [3.63, 3.8) is 0 Å². The van der Waals surface area contributed by atoms with Crippen LogP contribution in [-0.2, 0) is 10.1 Å². The number of allylic oxidation sites excluding steroid dienone is 1. The maximum absolute atomic E-state index is 12.1. The Morgan fingerprint density at radius 1 is 1.00 bits per heavy atom. The molecule has 0 radical (unpaired) electrons. The summed E-state index contributed by atoms with van der Waals surface area (Å²) in [6, 6.07) is 22.5. The zero-order chi connectivity index (χ0) is 22.8. The fraction of sp³-hybridized carbons (Fsp3) is 0.0769. The molecule has 1 aliphatic rings. The van der Waals surface area contributed by atoms with Crippen molar-refractivity contribution in [3.05, 3.63) is 113 Å². The number of aromatic nitrogens is 3. The molecule has 166 valence electrons. The molecule has 0 bridgehead atoms. The number of benzene rings is 3. The van der Waals surface area contributed by atoms with Crippen molar-refractivity contribution in [2.75, 3.05) is 0 Å². The molecule has 1 atom stereocenters. The quantitative estimate of drug-likeness (QED) is 0.270. The molecule has 1 heterocycles. The van der Waals surface area contributed by atoms with Crippen molar-refractivity contribution in [1.82, 2.24) is 15.0 Å². The maximum atomic E-state index is 12.1. The van der Waals surface area contributed by atoms with Gasteiger partial charge in [-0.05, 0) is 40.8 Å². The van der Waals surface area contributed by atoms with Gasteiger partial charge in [-0.3, -0.25) is 4.55 Å². The van der Waals surface area contributed by atoms with Gasteiger partial charge in [0.05, 0.1) is 17.6 Å². The summed E-state index contributed by atoms with van der Waals surface area (Å²) >= 11 is 0. The summed E-state index contributed by atoms with van der Waals surface area (Å²) in [5, 5.41) is 8.99. The molecule has 1 aliphatic carbocycles. The second kappa shape index (κ2) is 10.2. The Morgan fingerprint density at radius 3 is 2.56 bits per heavy atom. The first-order valence-electron chi connectivity index (χ1n) is 10.5. The molecule has 0 fully saturated rings. The van der Waals surface area contributed by atoms with Crippen LogP contribution in [0.25, 0.3) is 23.9 Å². The molecule has 4 aromatic rings. The third-order valence-electron chi connectivity index (χ3n) is 5.67. The molecule has 1 unspecified atom stereocenters. The predicted octanol–water partition coefficient (Wildman–Crippen LogP) is 2.35. The maximum Gasteiger partial charge on any atom is 1.00 e. The number of nitrogens with zero attached hydrogens (tertiary/aromatic N) is 3. The molecule has 0 aliphatic heterocycles. The molecular formula is C26H22N3NaO3S. The Kier molecular flexibility index (Phi) is 7.30. The van der Waals surface area contributed by atoms with Crippen molar-refractivity contribution in [1.29, 1.82) is 0 Å². The van der Waals surface area contributed by atoms with Crippen molar-refractivity contribution in [3.8, 4) is 5.69 Å². The topological polar surface area (TPSA) is 85.1 Å². The molecule has 1 aromatic heterocycles. The first-order valence-corrected chi connectivity index (χ1v) is 12.0. The minimum atomic E-state index is -4.45. The van der Waals surface area contributed by atoms with Gasteiger partial charge in [0.2, 0.25) is 0 Å². The molecule has 0 saturated heterocycles. The average Bonchev–Trinajstić information content (AvgIpc) is 3.32. The molecule has 3 aromatic carbocycles. The molecule has 34 heavy (non-hydrogen) atoms. The minimum absolute atomic E-state index is 0. The van der Waals surface area contributed by atoms with E-state index >= 15 is 0 Å². The van der Waals surface area contributed by atoms with Gasteiger partial charge in [0.25, 0.3) is 10.1 Å². The summed E-state index contributed by atoms with van der Waals surface area (Å²) in [6.07, 6.45) is 10.2. The van der Waals surface area contributed by atoms with E-state index in [1.807, 2.05) is 42.5 Å². The van der Waals surface area contributed by atoms with Crippen molar-refractivity contribution in [2.45, 2.75) is 17.2 Å². The van der Waals surface area contributed by atoms with E-state index in [0.717, 1.165) is 23.2 Å². The number of fused-ring (bicyclic) bond motifs is 1. The Hall–Kier alpha value is -2.81. The zero-order valence-corrected chi connectivity index (χ0v) is 21.4. The molecule has 0 spiro atoms. The third-order valence-corrected chi connectivity index (χ3v) is 6.58. The van der Waals surface area contributed by atoms with Crippen LogP contribution in [0.15, 0.2) is 90.0 Å². The predicted molar refractivity (Wildman–Crippen MR) is 130 cm³/mol. The van der Waals surface area contributed by atoms with Crippen molar-refractivity contribution in [2.24, 2.45) is 0 Å². The number of rotatable bonds is 5. The average molecular weight is 480 g/mol. The summed E-state index contributed by atoms with van der Waals surface area (Å²) in [4.78, 5) is 1.20. The van der Waals surface area contributed by atoms with Crippen LogP contribution >= 0.6 is 0 Å². The minimum Gasteiger partial charge on any atom is -1.00 e. The van der Waals surface area contributed by atoms with E-state index in [0.29, 0.717) is 11.3 Å². The van der Waals surface area contributed by atoms with Gasteiger partial charge in [-0.25, -0.2) is 0 Å². The summed E-state index contributed by atoms with van der Waals surface area (Å²) < 4.78 is 34.0. The van der Waals surface area contributed by atoms with E-state index in [9.17, 15) is 13.0 Å². The fourth-order valence-corrected chi connectivity index (χ4v) is 4.74.